The largest absolute Gasteiger partial charge is 0.363 e. The number of carbonyl (C=O) groups excluding carboxylic acids is 1. The zero-order chi connectivity index (χ0) is 15.7. The summed E-state index contributed by atoms with van der Waals surface area (Å²) in [6, 6.07) is 3.81. The number of fused-ring (bicyclic) bond motifs is 1. The third-order valence-corrected chi connectivity index (χ3v) is 3.92. The molecule has 2 aromatic rings. The number of aryl methyl sites for hydroxylation is 2. The smallest absolute Gasteiger partial charge is 0.253 e. The summed E-state index contributed by atoms with van der Waals surface area (Å²) in [5, 5.41) is 3.09. The molecule has 2 aromatic heterocycles. The lowest BCUT2D eigenvalue weighted by atomic mass is 10.1. The van der Waals surface area contributed by atoms with E-state index in [1.807, 2.05) is 44.2 Å². The molecular formula is C16H21N5O. The van der Waals surface area contributed by atoms with Crippen LogP contribution in [0.4, 0.5) is 5.82 Å². The van der Waals surface area contributed by atoms with Crippen LogP contribution in [-0.2, 0) is 13.0 Å². The fourth-order valence-corrected chi connectivity index (χ4v) is 2.76. The van der Waals surface area contributed by atoms with Crippen molar-refractivity contribution in [1.82, 2.24) is 19.9 Å². The molecule has 6 nitrogen and oxygen atoms in total. The van der Waals surface area contributed by atoms with Crippen molar-refractivity contribution in [1.29, 1.82) is 0 Å². The van der Waals surface area contributed by atoms with E-state index in [9.17, 15) is 4.79 Å². The normalized spacial score (nSPS) is 17.0. The molecule has 1 atom stereocenters. The van der Waals surface area contributed by atoms with E-state index in [0.717, 1.165) is 36.7 Å². The van der Waals surface area contributed by atoms with Crippen LogP contribution in [0.5, 0.6) is 0 Å². The van der Waals surface area contributed by atoms with Crippen LogP contribution >= 0.6 is 0 Å². The van der Waals surface area contributed by atoms with Crippen LogP contribution in [0.15, 0.2) is 24.5 Å². The zero-order valence-electron chi connectivity index (χ0n) is 13.2. The van der Waals surface area contributed by atoms with Crippen molar-refractivity contribution in [2.45, 2.75) is 32.4 Å². The van der Waals surface area contributed by atoms with Crippen molar-refractivity contribution in [3.8, 4) is 0 Å². The van der Waals surface area contributed by atoms with E-state index in [1.54, 1.807) is 6.20 Å². The van der Waals surface area contributed by atoms with E-state index in [2.05, 4.69) is 19.9 Å². The van der Waals surface area contributed by atoms with Crippen LogP contribution in [0, 0.1) is 6.92 Å². The number of rotatable bonds is 3. The predicted octanol–water partition coefficient (Wildman–Crippen LogP) is 1.40. The Labute approximate surface area is 130 Å². The average molecular weight is 299 g/mol. The zero-order valence-corrected chi connectivity index (χ0v) is 13.2. The highest BCUT2D eigenvalue weighted by atomic mass is 16.1. The molecule has 1 aliphatic heterocycles. The number of carbonyl (C=O) groups is 1. The molecule has 1 amide bonds. The average Bonchev–Trinajstić information content (AvgIpc) is 2.86. The molecule has 0 aromatic carbocycles. The Morgan fingerprint density at radius 3 is 2.91 bits per heavy atom. The number of pyridine rings is 1. The molecule has 3 rings (SSSR count). The molecule has 1 unspecified atom stereocenters. The number of nitrogens with one attached hydrogen (secondary N) is 1. The van der Waals surface area contributed by atoms with Crippen molar-refractivity contribution >= 4 is 11.7 Å². The Kier molecular flexibility index (Phi) is 3.83. The lowest BCUT2D eigenvalue weighted by Gasteiger charge is -2.24. The Bertz CT molecular complexity index is 674. The minimum atomic E-state index is -0.0666. The number of anilines is 1. The highest BCUT2D eigenvalue weighted by molar-refractivity contribution is 5.94. The predicted molar refractivity (Wildman–Crippen MR) is 85.1 cm³/mol. The van der Waals surface area contributed by atoms with Crippen LogP contribution < -0.4 is 10.2 Å². The maximum absolute atomic E-state index is 12.3. The van der Waals surface area contributed by atoms with Gasteiger partial charge in [-0.25, -0.2) is 9.97 Å². The SMILES string of the molecule is Cc1cn2c(n1)CCC(NC(=O)c1ccc(N(C)C)nc1)C2. The second kappa shape index (κ2) is 5.79. The molecule has 0 saturated carbocycles. The molecule has 0 fully saturated rings. The van der Waals surface area contributed by atoms with Gasteiger partial charge in [0.05, 0.1) is 11.3 Å². The Balaban J connectivity index is 1.65. The highest BCUT2D eigenvalue weighted by Crippen LogP contribution is 2.16. The summed E-state index contributed by atoms with van der Waals surface area (Å²) in [6.45, 7) is 2.78. The van der Waals surface area contributed by atoms with Gasteiger partial charge in [0.25, 0.3) is 5.91 Å². The van der Waals surface area contributed by atoms with Crippen LogP contribution in [0.2, 0.25) is 0 Å². The van der Waals surface area contributed by atoms with Gasteiger partial charge in [-0.05, 0) is 25.5 Å². The molecule has 3 heterocycles. The molecule has 1 aliphatic rings. The summed E-state index contributed by atoms with van der Waals surface area (Å²) in [5.74, 6) is 1.89. The second-order valence-electron chi connectivity index (χ2n) is 5.96. The van der Waals surface area contributed by atoms with E-state index >= 15 is 0 Å². The maximum Gasteiger partial charge on any atom is 0.253 e. The van der Waals surface area contributed by atoms with Crippen molar-refractivity contribution in [3.63, 3.8) is 0 Å². The van der Waals surface area contributed by atoms with Crippen LogP contribution in [0.25, 0.3) is 0 Å². The minimum Gasteiger partial charge on any atom is -0.363 e. The van der Waals surface area contributed by atoms with Gasteiger partial charge in [-0.3, -0.25) is 4.79 Å². The first-order chi connectivity index (χ1) is 10.5. The molecule has 6 heteroatoms. The molecule has 0 saturated heterocycles. The summed E-state index contributed by atoms with van der Waals surface area (Å²) in [5.41, 5.74) is 1.63. The van der Waals surface area contributed by atoms with Crippen molar-refractivity contribution in [3.05, 3.63) is 41.6 Å². The van der Waals surface area contributed by atoms with E-state index in [1.165, 1.54) is 0 Å². The standard InChI is InChI=1S/C16H21N5O/c1-11-9-21-10-13(5-7-15(21)18-11)19-16(22)12-4-6-14(17-8-12)20(2)3/h4,6,8-9,13H,5,7,10H2,1-3H3,(H,19,22). The first-order valence-corrected chi connectivity index (χ1v) is 7.50. The summed E-state index contributed by atoms with van der Waals surface area (Å²) in [4.78, 5) is 23.0. The Hall–Kier alpha value is -2.37. The van der Waals surface area contributed by atoms with Gasteiger partial charge < -0.3 is 14.8 Å². The van der Waals surface area contributed by atoms with Crippen LogP contribution in [0.1, 0.15) is 28.3 Å². The molecule has 0 aliphatic carbocycles. The van der Waals surface area contributed by atoms with E-state index < -0.39 is 0 Å². The number of imidazole rings is 1. The molecule has 22 heavy (non-hydrogen) atoms. The first-order valence-electron chi connectivity index (χ1n) is 7.50. The highest BCUT2D eigenvalue weighted by Gasteiger charge is 2.21. The third-order valence-electron chi connectivity index (χ3n) is 3.92. The number of nitrogens with zero attached hydrogens (tertiary/aromatic N) is 4. The molecule has 0 radical (unpaired) electrons. The van der Waals surface area contributed by atoms with Crippen LogP contribution in [0.3, 0.4) is 0 Å². The molecular weight excluding hydrogens is 278 g/mol. The number of amides is 1. The maximum atomic E-state index is 12.3. The van der Waals surface area contributed by atoms with Crippen LogP contribution in [-0.4, -0.2) is 40.6 Å². The third kappa shape index (κ3) is 2.95. The van der Waals surface area contributed by atoms with Crippen molar-refractivity contribution in [2.24, 2.45) is 0 Å². The Morgan fingerprint density at radius 2 is 2.23 bits per heavy atom. The van der Waals surface area contributed by atoms with Gasteiger partial charge in [-0.2, -0.15) is 0 Å². The summed E-state index contributed by atoms with van der Waals surface area (Å²) < 4.78 is 2.14. The van der Waals surface area contributed by atoms with Gasteiger partial charge in [0.15, 0.2) is 0 Å². The number of hydrogen-bond acceptors (Lipinski definition) is 4. The second-order valence-corrected chi connectivity index (χ2v) is 5.96. The van der Waals surface area contributed by atoms with E-state index in [-0.39, 0.29) is 11.9 Å². The van der Waals surface area contributed by atoms with Crippen molar-refractivity contribution in [2.75, 3.05) is 19.0 Å². The lowest BCUT2D eigenvalue weighted by molar-refractivity contribution is 0.0927. The molecule has 0 bridgehead atoms. The van der Waals surface area contributed by atoms with Gasteiger partial charge in [0.2, 0.25) is 0 Å². The molecule has 116 valence electrons. The van der Waals surface area contributed by atoms with E-state index in [4.69, 9.17) is 0 Å². The monoisotopic (exact) mass is 299 g/mol. The Morgan fingerprint density at radius 1 is 1.41 bits per heavy atom. The van der Waals surface area contributed by atoms with Gasteiger partial charge in [0.1, 0.15) is 11.6 Å². The van der Waals surface area contributed by atoms with E-state index in [0.29, 0.717) is 5.56 Å². The number of aromatic nitrogens is 3. The minimum absolute atomic E-state index is 0.0666. The summed E-state index contributed by atoms with van der Waals surface area (Å²) >= 11 is 0. The molecule has 1 N–H and O–H groups in total. The fraction of sp³-hybridized carbons (Fsp3) is 0.438. The summed E-state index contributed by atoms with van der Waals surface area (Å²) in [7, 11) is 3.85. The lowest BCUT2D eigenvalue weighted by Crippen LogP contribution is -2.40. The van der Waals surface area contributed by atoms with Crippen molar-refractivity contribution < 1.29 is 4.79 Å². The van der Waals surface area contributed by atoms with Gasteiger partial charge in [-0.15, -0.1) is 0 Å². The quantitative estimate of drug-likeness (QED) is 0.930. The topological polar surface area (TPSA) is 63.1 Å². The molecule has 0 spiro atoms. The summed E-state index contributed by atoms with van der Waals surface area (Å²) in [6.07, 6.45) is 5.49. The first kappa shape index (κ1) is 14.6. The van der Waals surface area contributed by atoms with Gasteiger partial charge >= 0.3 is 0 Å². The van der Waals surface area contributed by atoms with Gasteiger partial charge in [-0.1, -0.05) is 0 Å². The number of hydrogen-bond donors (Lipinski definition) is 1. The fourth-order valence-electron chi connectivity index (χ4n) is 2.76. The van der Waals surface area contributed by atoms with Gasteiger partial charge in [0, 0.05) is 45.5 Å².